The highest BCUT2D eigenvalue weighted by molar-refractivity contribution is 5.73. The van der Waals surface area contributed by atoms with Crippen LogP contribution in [0.2, 0.25) is 0 Å². The molecule has 1 aromatic heterocycles. The molecule has 11 nitrogen and oxygen atoms in total. The average Bonchev–Trinajstić information content (AvgIpc) is 3.27. The number of nitrogens with zero attached hydrogens (tertiary/aromatic N) is 2. The number of esters is 2. The first-order chi connectivity index (χ1) is 17.5. The summed E-state index contributed by atoms with van der Waals surface area (Å²) in [5, 5.41) is 2.94. The number of fused-ring (bicyclic) bond motifs is 1. The summed E-state index contributed by atoms with van der Waals surface area (Å²) >= 11 is 0. The molecule has 0 saturated heterocycles. The van der Waals surface area contributed by atoms with Crippen molar-refractivity contribution >= 4 is 29.4 Å². The molecule has 0 radical (unpaired) electrons. The summed E-state index contributed by atoms with van der Waals surface area (Å²) in [6.07, 6.45) is 10.4. The minimum atomic E-state index is -1.09. The third-order valence-electron chi connectivity index (χ3n) is 5.88. The lowest BCUT2D eigenvalue weighted by Crippen LogP contribution is -2.41. The number of anilines is 3. The highest BCUT2D eigenvalue weighted by Crippen LogP contribution is 2.28. The number of carbonyl (C=O) groups excluding carboxylic acids is 2. The molecule has 1 unspecified atom stereocenters. The Morgan fingerprint density at radius 2 is 1.58 bits per heavy atom. The number of aromatic nitrogens is 2. The molecular weight excluding hydrogens is 466 g/mol. The molecule has 0 saturated carbocycles. The quantitative estimate of drug-likeness (QED) is 0.142. The molecule has 0 fully saturated rings. The van der Waals surface area contributed by atoms with E-state index in [4.69, 9.17) is 19.9 Å². The molecule has 36 heavy (non-hydrogen) atoms. The fourth-order valence-corrected chi connectivity index (χ4v) is 3.86. The molecule has 0 spiro atoms. The number of carbonyl (C=O) groups is 2. The minimum Gasteiger partial charge on any atom is -0.466 e. The standard InChI is InChI=1S/C25H43N5O6/c1-3-5-7-9-11-14-19(31)34-16-13-17-35-25(36-20(32)15-12-10-8-6-4-2)30-18-27-21-22(30)28-24(26)29-23(21)33/h25,27H,3-18H2,1-2H3,(H3,26,28,29,33). The molecule has 2 rings (SSSR count). The van der Waals surface area contributed by atoms with Gasteiger partial charge in [-0.15, -0.1) is 0 Å². The Morgan fingerprint density at radius 3 is 2.25 bits per heavy atom. The molecule has 1 aliphatic rings. The molecular formula is C25H43N5O6. The van der Waals surface area contributed by atoms with E-state index in [0.29, 0.717) is 12.8 Å². The van der Waals surface area contributed by atoms with Gasteiger partial charge in [0.25, 0.3) is 12.0 Å². The van der Waals surface area contributed by atoms with E-state index in [2.05, 4.69) is 29.1 Å². The van der Waals surface area contributed by atoms with Crippen LogP contribution in [0.4, 0.5) is 17.5 Å². The first-order valence-electron chi connectivity index (χ1n) is 13.3. The molecule has 1 atom stereocenters. The van der Waals surface area contributed by atoms with Gasteiger partial charge < -0.3 is 25.3 Å². The smallest absolute Gasteiger partial charge is 0.309 e. The topological polar surface area (TPSA) is 149 Å². The number of nitrogen functional groups attached to an aromatic ring is 1. The maximum absolute atomic E-state index is 12.5. The second-order valence-electron chi connectivity index (χ2n) is 9.02. The van der Waals surface area contributed by atoms with Crippen LogP contribution in [-0.4, -0.2) is 48.2 Å². The molecule has 1 aromatic rings. The van der Waals surface area contributed by atoms with Gasteiger partial charge in [-0.1, -0.05) is 65.2 Å². The normalized spacial score (nSPS) is 13.2. The summed E-state index contributed by atoms with van der Waals surface area (Å²) < 4.78 is 16.7. The Bertz CT molecular complexity index is 862. The Hall–Kier alpha value is -2.82. The van der Waals surface area contributed by atoms with Gasteiger partial charge in [0.05, 0.1) is 19.9 Å². The molecule has 0 aromatic carbocycles. The zero-order chi connectivity index (χ0) is 26.2. The third-order valence-corrected chi connectivity index (χ3v) is 5.88. The average molecular weight is 510 g/mol. The maximum Gasteiger partial charge on any atom is 0.309 e. The maximum atomic E-state index is 12.5. The van der Waals surface area contributed by atoms with E-state index in [1.54, 1.807) is 0 Å². The van der Waals surface area contributed by atoms with Gasteiger partial charge >= 0.3 is 11.9 Å². The van der Waals surface area contributed by atoms with E-state index >= 15 is 0 Å². The first kappa shape index (κ1) is 29.4. The van der Waals surface area contributed by atoms with E-state index in [9.17, 15) is 14.4 Å². The molecule has 0 amide bonds. The fourth-order valence-electron chi connectivity index (χ4n) is 3.86. The Labute approximate surface area is 213 Å². The molecule has 1 aliphatic heterocycles. The highest BCUT2D eigenvalue weighted by atomic mass is 16.7. The van der Waals surface area contributed by atoms with Gasteiger partial charge in [0.1, 0.15) is 5.69 Å². The van der Waals surface area contributed by atoms with Crippen molar-refractivity contribution in [2.75, 3.05) is 35.8 Å². The van der Waals surface area contributed by atoms with Crippen molar-refractivity contribution in [3.63, 3.8) is 0 Å². The summed E-state index contributed by atoms with van der Waals surface area (Å²) in [5.41, 5.74) is 5.53. The van der Waals surface area contributed by atoms with Gasteiger partial charge in [-0.2, -0.15) is 4.98 Å². The second-order valence-corrected chi connectivity index (χ2v) is 9.02. The monoisotopic (exact) mass is 509 g/mol. The van der Waals surface area contributed by atoms with Crippen molar-refractivity contribution in [2.24, 2.45) is 0 Å². The van der Waals surface area contributed by atoms with Crippen molar-refractivity contribution in [2.45, 2.75) is 104 Å². The number of ether oxygens (including phenoxy) is 3. The molecule has 11 heteroatoms. The van der Waals surface area contributed by atoms with E-state index in [0.717, 1.165) is 51.4 Å². The van der Waals surface area contributed by atoms with Crippen LogP contribution >= 0.6 is 0 Å². The van der Waals surface area contributed by atoms with Crippen molar-refractivity contribution in [1.29, 1.82) is 0 Å². The molecule has 0 aliphatic carbocycles. The van der Waals surface area contributed by atoms with E-state index in [1.165, 1.54) is 17.7 Å². The van der Waals surface area contributed by atoms with Gasteiger partial charge in [0, 0.05) is 19.3 Å². The van der Waals surface area contributed by atoms with Crippen LogP contribution in [0.5, 0.6) is 0 Å². The molecule has 2 heterocycles. The Kier molecular flexibility index (Phi) is 13.7. The molecule has 4 N–H and O–H groups in total. The lowest BCUT2D eigenvalue weighted by atomic mass is 10.1. The summed E-state index contributed by atoms with van der Waals surface area (Å²) in [5.74, 6) is -0.395. The fraction of sp³-hybridized carbons (Fsp3) is 0.760. The van der Waals surface area contributed by atoms with Crippen LogP contribution in [0.15, 0.2) is 4.79 Å². The SMILES string of the molecule is CCCCCCCC(=O)OCCCOC(OC(=O)CCCCCCC)N1CNc2c1nc(N)[nH]c2=O. The second kappa shape index (κ2) is 16.8. The van der Waals surface area contributed by atoms with E-state index < -0.39 is 17.9 Å². The number of hydrogen-bond donors (Lipinski definition) is 3. The number of H-pyrrole nitrogens is 1. The van der Waals surface area contributed by atoms with Crippen LogP contribution in [0.25, 0.3) is 0 Å². The predicted octanol–water partition coefficient (Wildman–Crippen LogP) is 4.04. The van der Waals surface area contributed by atoms with Crippen molar-refractivity contribution in [1.82, 2.24) is 9.97 Å². The summed E-state index contributed by atoms with van der Waals surface area (Å²) in [7, 11) is 0. The van der Waals surface area contributed by atoms with Gasteiger partial charge in [0.2, 0.25) is 5.95 Å². The number of aromatic amines is 1. The first-order valence-corrected chi connectivity index (χ1v) is 13.3. The predicted molar refractivity (Wildman–Crippen MR) is 138 cm³/mol. The van der Waals surface area contributed by atoms with Crippen LogP contribution < -0.4 is 21.5 Å². The lowest BCUT2D eigenvalue weighted by Gasteiger charge is -2.27. The van der Waals surface area contributed by atoms with Crippen LogP contribution in [0.1, 0.15) is 97.3 Å². The van der Waals surface area contributed by atoms with Crippen LogP contribution in [0.3, 0.4) is 0 Å². The lowest BCUT2D eigenvalue weighted by molar-refractivity contribution is -0.179. The number of hydrogen-bond acceptors (Lipinski definition) is 10. The molecule has 0 bridgehead atoms. The van der Waals surface area contributed by atoms with Gasteiger partial charge in [0.15, 0.2) is 5.82 Å². The Morgan fingerprint density at radius 1 is 0.944 bits per heavy atom. The van der Waals surface area contributed by atoms with Crippen molar-refractivity contribution < 1.29 is 23.8 Å². The number of unbranched alkanes of at least 4 members (excludes halogenated alkanes) is 8. The number of rotatable bonds is 19. The highest BCUT2D eigenvalue weighted by Gasteiger charge is 2.32. The Balaban J connectivity index is 1.85. The van der Waals surface area contributed by atoms with Crippen molar-refractivity contribution in [3.8, 4) is 0 Å². The summed E-state index contributed by atoms with van der Waals surface area (Å²) in [4.78, 5) is 44.7. The van der Waals surface area contributed by atoms with Gasteiger partial charge in [-0.3, -0.25) is 24.3 Å². The van der Waals surface area contributed by atoms with Crippen LogP contribution in [0, 0.1) is 0 Å². The molecule has 204 valence electrons. The minimum absolute atomic E-state index is 0.0462. The zero-order valence-corrected chi connectivity index (χ0v) is 21.8. The van der Waals surface area contributed by atoms with Gasteiger partial charge in [-0.25, -0.2) is 0 Å². The number of nitrogens with one attached hydrogen (secondary N) is 2. The third kappa shape index (κ3) is 10.4. The summed E-state index contributed by atoms with van der Waals surface area (Å²) in [6, 6.07) is 0. The number of nitrogens with two attached hydrogens (primary N) is 1. The largest absolute Gasteiger partial charge is 0.466 e. The zero-order valence-electron chi connectivity index (χ0n) is 21.8. The summed E-state index contributed by atoms with van der Waals surface area (Å²) in [6.45, 7) is 4.85. The van der Waals surface area contributed by atoms with Crippen LogP contribution in [-0.2, 0) is 23.8 Å². The van der Waals surface area contributed by atoms with E-state index in [1.807, 2.05) is 0 Å². The van der Waals surface area contributed by atoms with Crippen molar-refractivity contribution in [3.05, 3.63) is 10.4 Å². The van der Waals surface area contributed by atoms with E-state index in [-0.39, 0.29) is 49.7 Å². The van der Waals surface area contributed by atoms with Gasteiger partial charge in [-0.05, 0) is 12.8 Å².